The lowest BCUT2D eigenvalue weighted by Gasteiger charge is -2.23. The summed E-state index contributed by atoms with van der Waals surface area (Å²) in [5, 5.41) is 29.6. The predicted octanol–water partition coefficient (Wildman–Crippen LogP) is 5.45. The third-order valence-electron chi connectivity index (χ3n) is 8.40. The maximum atomic E-state index is 13.5. The molecule has 2 heterocycles. The van der Waals surface area contributed by atoms with Crippen LogP contribution in [0.3, 0.4) is 0 Å². The van der Waals surface area contributed by atoms with Crippen molar-refractivity contribution in [1.29, 1.82) is 0 Å². The Kier molecular flexibility index (Phi) is 8.90. The van der Waals surface area contributed by atoms with Gasteiger partial charge in [-0.05, 0) is 58.9 Å². The Bertz CT molecular complexity index is 1690. The van der Waals surface area contributed by atoms with E-state index in [0.717, 1.165) is 77.8 Å². The van der Waals surface area contributed by atoms with Gasteiger partial charge in [-0.1, -0.05) is 91.6 Å². The van der Waals surface area contributed by atoms with E-state index in [9.17, 15) is 9.59 Å². The highest BCUT2D eigenvalue weighted by molar-refractivity contribution is 6.08. The van der Waals surface area contributed by atoms with Crippen molar-refractivity contribution in [3.8, 4) is 22.5 Å². The van der Waals surface area contributed by atoms with Crippen LogP contribution in [0.2, 0.25) is 0 Å². The number of tetrazole rings is 1. The molecule has 0 unspecified atom stereocenters. The number of carbonyl (C=O) groups is 2. The fourth-order valence-corrected chi connectivity index (χ4v) is 6.00. The average molecular weight is 610 g/mol. The maximum Gasteiger partial charge on any atom is 0.297 e. The van der Waals surface area contributed by atoms with Gasteiger partial charge in [-0.2, -0.15) is 0 Å². The van der Waals surface area contributed by atoms with Gasteiger partial charge in [-0.15, -0.1) is 10.2 Å². The second kappa shape index (κ2) is 13.2. The molecule has 0 radical (unpaired) electrons. The van der Waals surface area contributed by atoms with Gasteiger partial charge in [0.15, 0.2) is 0 Å². The van der Waals surface area contributed by atoms with Crippen molar-refractivity contribution in [2.24, 2.45) is 4.99 Å². The van der Waals surface area contributed by atoms with E-state index in [1.165, 1.54) is 0 Å². The lowest BCUT2D eigenvalue weighted by molar-refractivity contribution is -0.497. The number of benzene rings is 3. The zero-order valence-corrected chi connectivity index (χ0v) is 25.0. The number of aliphatic imine (C=N–C) groups is 1. The van der Waals surface area contributed by atoms with E-state index in [1.54, 1.807) is 24.3 Å². The Morgan fingerprint density at radius 3 is 2.33 bits per heavy atom. The molecule has 1 aliphatic carbocycles. The van der Waals surface area contributed by atoms with E-state index >= 15 is 0 Å². The second-order valence-corrected chi connectivity index (χ2v) is 11.4. The highest BCUT2D eigenvalue weighted by Crippen LogP contribution is 2.40. The smallest absolute Gasteiger partial charge is 0.294 e. The first-order chi connectivity index (χ1) is 21.9. The largest absolute Gasteiger partial charge is 0.297 e. The van der Waals surface area contributed by atoms with Crippen LogP contribution in [0.5, 0.6) is 0 Å². The number of nitrogens with zero attached hydrogens (tertiary/aromatic N) is 7. The number of rotatable bonds is 11. The van der Waals surface area contributed by atoms with Gasteiger partial charge in [0, 0.05) is 17.5 Å². The van der Waals surface area contributed by atoms with Crippen molar-refractivity contribution < 1.29 is 24.8 Å². The number of hydrogen-bond donors (Lipinski definition) is 2. The van der Waals surface area contributed by atoms with Crippen molar-refractivity contribution in [3.63, 3.8) is 0 Å². The van der Waals surface area contributed by atoms with Gasteiger partial charge in [0.25, 0.3) is 11.8 Å². The summed E-state index contributed by atoms with van der Waals surface area (Å²) in [6, 6.07) is 22.2. The second-order valence-electron chi connectivity index (χ2n) is 11.4. The third-order valence-corrected chi connectivity index (χ3v) is 8.40. The monoisotopic (exact) mass is 609 g/mol. The number of unbranched alkanes of at least 4 members (excludes halogenated alkanes) is 1. The molecular formula is C33H35N7O5. The molecule has 1 aromatic heterocycles. The molecule has 4 aromatic rings. The number of amidine groups is 1. The summed E-state index contributed by atoms with van der Waals surface area (Å²) in [5.41, 5.74) is 3.99. The molecular weight excluding hydrogens is 574 g/mol. The lowest BCUT2D eigenvalue weighted by atomic mass is 9.97. The van der Waals surface area contributed by atoms with E-state index in [-0.39, 0.29) is 17.9 Å². The quantitative estimate of drug-likeness (QED) is 0.212. The molecule has 0 saturated heterocycles. The van der Waals surface area contributed by atoms with E-state index in [2.05, 4.69) is 27.2 Å². The first kappa shape index (κ1) is 30.4. The minimum Gasteiger partial charge on any atom is -0.294 e. The molecule has 2 aliphatic rings. The van der Waals surface area contributed by atoms with Crippen LogP contribution in [-0.2, 0) is 22.8 Å². The van der Waals surface area contributed by atoms with Crippen LogP contribution in [0.1, 0.15) is 73.4 Å². The van der Waals surface area contributed by atoms with Gasteiger partial charge < -0.3 is 0 Å². The number of amides is 1. The van der Waals surface area contributed by atoms with E-state index in [1.807, 2.05) is 53.4 Å². The number of carbonyl (C=O) groups excluding carboxylic acids is 2. The van der Waals surface area contributed by atoms with Crippen LogP contribution >= 0.6 is 0 Å². The SMILES string of the molecule is CCCCC1=NC2(CCCC2)C(=O)N1Cc1ccc(-c2ccccc2-c2nnn(C(=O)c3ccc(CON(O)O)cc3)n2)cc1. The van der Waals surface area contributed by atoms with Crippen molar-refractivity contribution in [3.05, 3.63) is 89.5 Å². The molecule has 12 nitrogen and oxygen atoms in total. The molecule has 0 atom stereocenters. The van der Waals surface area contributed by atoms with Crippen LogP contribution < -0.4 is 0 Å². The normalized spacial score (nSPS) is 15.8. The van der Waals surface area contributed by atoms with Gasteiger partial charge in [-0.3, -0.25) is 29.9 Å². The first-order valence-corrected chi connectivity index (χ1v) is 15.2. The Hall–Kier alpha value is -4.62. The topological polar surface area (TPSA) is 146 Å². The Labute approximate surface area is 260 Å². The summed E-state index contributed by atoms with van der Waals surface area (Å²) >= 11 is 0. The van der Waals surface area contributed by atoms with Gasteiger partial charge in [0.05, 0.1) is 18.5 Å². The molecule has 0 bridgehead atoms. The van der Waals surface area contributed by atoms with Crippen molar-refractivity contribution >= 4 is 17.6 Å². The van der Waals surface area contributed by atoms with Crippen LogP contribution in [0.25, 0.3) is 22.5 Å². The average Bonchev–Trinajstić information content (AvgIpc) is 3.81. The van der Waals surface area contributed by atoms with E-state index < -0.39 is 11.4 Å². The Morgan fingerprint density at radius 1 is 0.956 bits per heavy atom. The molecule has 1 saturated carbocycles. The molecule has 6 rings (SSSR count). The number of hydrogen-bond acceptors (Lipinski definition) is 10. The first-order valence-electron chi connectivity index (χ1n) is 15.2. The van der Waals surface area contributed by atoms with E-state index in [0.29, 0.717) is 23.5 Å². The van der Waals surface area contributed by atoms with Gasteiger partial charge in [0.1, 0.15) is 11.4 Å². The van der Waals surface area contributed by atoms with Crippen LogP contribution in [0, 0.1) is 0 Å². The summed E-state index contributed by atoms with van der Waals surface area (Å²) in [6.07, 6.45) is 6.67. The number of aromatic nitrogens is 4. The lowest BCUT2D eigenvalue weighted by Crippen LogP contribution is -2.40. The van der Waals surface area contributed by atoms with Crippen LogP contribution in [0.15, 0.2) is 77.8 Å². The molecule has 12 heteroatoms. The maximum absolute atomic E-state index is 13.5. The Balaban J connectivity index is 1.18. The van der Waals surface area contributed by atoms with Gasteiger partial charge in [-0.25, -0.2) is 4.84 Å². The molecule has 1 fully saturated rings. The standard InChI is InChI=1S/C33H35N7O5/c1-2-3-10-29-34-33(19-6-7-20-33)32(42)38(29)21-23-11-15-25(16-12-23)27-8-4-5-9-28(27)30-35-37-39(36-30)31(41)26-17-13-24(14-18-26)22-45-40(43)44/h4-5,8-9,11-18,43-44H,2-3,6-7,10,19-22H2,1H3. The molecule has 1 spiro atoms. The summed E-state index contributed by atoms with van der Waals surface area (Å²) in [4.78, 5) is 39.0. The molecule has 3 aromatic carbocycles. The minimum atomic E-state index is -0.546. The molecule has 2 N–H and O–H groups in total. The van der Waals surface area contributed by atoms with Crippen LogP contribution in [0.4, 0.5) is 0 Å². The highest BCUT2D eigenvalue weighted by atomic mass is 17.1. The summed E-state index contributed by atoms with van der Waals surface area (Å²) < 4.78 is 0. The summed E-state index contributed by atoms with van der Waals surface area (Å²) in [7, 11) is 0. The summed E-state index contributed by atoms with van der Waals surface area (Å²) in [6.45, 7) is 2.56. The zero-order valence-electron chi connectivity index (χ0n) is 25.0. The van der Waals surface area contributed by atoms with Crippen molar-refractivity contribution in [1.82, 2.24) is 30.5 Å². The molecule has 45 heavy (non-hydrogen) atoms. The minimum absolute atomic E-state index is 0.0870. The highest BCUT2D eigenvalue weighted by Gasteiger charge is 2.49. The van der Waals surface area contributed by atoms with Gasteiger partial charge >= 0.3 is 0 Å². The third kappa shape index (κ3) is 6.45. The van der Waals surface area contributed by atoms with Gasteiger partial charge in [0.2, 0.25) is 5.82 Å². The predicted molar refractivity (Wildman–Crippen MR) is 164 cm³/mol. The fraction of sp³-hybridized carbons (Fsp3) is 0.333. The van der Waals surface area contributed by atoms with Crippen molar-refractivity contribution in [2.45, 2.75) is 70.6 Å². The fourth-order valence-electron chi connectivity index (χ4n) is 6.00. The zero-order chi connectivity index (χ0) is 31.4. The van der Waals surface area contributed by atoms with E-state index in [4.69, 9.17) is 15.4 Å². The molecule has 1 amide bonds. The molecule has 232 valence electrons. The Morgan fingerprint density at radius 2 is 1.64 bits per heavy atom. The van der Waals surface area contributed by atoms with Crippen LogP contribution in [-0.4, -0.2) is 64.1 Å². The molecule has 1 aliphatic heterocycles. The van der Waals surface area contributed by atoms with Crippen molar-refractivity contribution in [2.75, 3.05) is 0 Å². The summed E-state index contributed by atoms with van der Waals surface area (Å²) in [5.74, 6) is 0.910.